The number of aliphatic imine (C=N–C) groups is 1. The molecule has 3 heterocycles. The van der Waals surface area contributed by atoms with E-state index in [1.165, 1.54) is 5.56 Å². The van der Waals surface area contributed by atoms with E-state index in [0.29, 0.717) is 5.25 Å². The average Bonchev–Trinajstić information content (AvgIpc) is 2.86. The maximum absolute atomic E-state index is 5.09. The van der Waals surface area contributed by atoms with Crippen molar-refractivity contribution in [3.05, 3.63) is 36.4 Å². The number of hydrogen-bond acceptors (Lipinski definition) is 4. The molecule has 0 aromatic carbocycles. The molecule has 1 aromatic heterocycles. The molecule has 3 nitrogen and oxygen atoms in total. The van der Waals surface area contributed by atoms with Gasteiger partial charge in [0, 0.05) is 24.9 Å². The summed E-state index contributed by atoms with van der Waals surface area (Å²) in [5.41, 5.74) is 1.26. The number of thioether (sulfide) groups is 1. The molecule has 0 radical (unpaired) electrons. The third kappa shape index (κ3) is 1.26. The van der Waals surface area contributed by atoms with Crippen LogP contribution < -0.4 is 0 Å². The molecule has 2 aliphatic heterocycles. The molecular formula is C10H10N2OS. The normalized spacial score (nSPS) is 25.0. The number of rotatable bonds is 1. The summed E-state index contributed by atoms with van der Waals surface area (Å²) in [4.78, 5) is 6.64. The van der Waals surface area contributed by atoms with Crippen LogP contribution in [0.15, 0.2) is 40.3 Å². The number of amidine groups is 1. The van der Waals surface area contributed by atoms with Gasteiger partial charge in [-0.25, -0.2) is 4.99 Å². The van der Waals surface area contributed by atoms with Gasteiger partial charge in [-0.05, 0) is 12.1 Å². The predicted molar refractivity (Wildman–Crippen MR) is 57.2 cm³/mol. The van der Waals surface area contributed by atoms with E-state index in [4.69, 9.17) is 4.42 Å². The molecule has 4 heteroatoms. The van der Waals surface area contributed by atoms with Crippen molar-refractivity contribution in [3.8, 4) is 0 Å². The minimum Gasteiger partial charge on any atom is -0.472 e. The molecule has 0 N–H and O–H groups in total. The second-order valence-electron chi connectivity index (χ2n) is 3.36. The van der Waals surface area contributed by atoms with Crippen LogP contribution in [0.4, 0.5) is 0 Å². The van der Waals surface area contributed by atoms with Crippen molar-refractivity contribution < 1.29 is 4.42 Å². The van der Waals surface area contributed by atoms with Crippen molar-refractivity contribution in [2.75, 3.05) is 13.1 Å². The van der Waals surface area contributed by atoms with Crippen molar-refractivity contribution in [1.82, 2.24) is 4.90 Å². The lowest BCUT2D eigenvalue weighted by atomic mass is 10.2. The van der Waals surface area contributed by atoms with Crippen LogP contribution in [0, 0.1) is 0 Å². The van der Waals surface area contributed by atoms with Crippen molar-refractivity contribution in [2.24, 2.45) is 4.99 Å². The lowest BCUT2D eigenvalue weighted by Crippen LogP contribution is -2.26. The van der Waals surface area contributed by atoms with Crippen LogP contribution in [0.1, 0.15) is 10.8 Å². The highest BCUT2D eigenvalue weighted by Gasteiger charge is 2.30. The monoisotopic (exact) mass is 206 g/mol. The molecule has 0 aliphatic carbocycles. The molecule has 1 unspecified atom stereocenters. The lowest BCUT2D eigenvalue weighted by molar-refractivity contribution is 0.477. The molecule has 0 saturated carbocycles. The first kappa shape index (κ1) is 8.17. The smallest absolute Gasteiger partial charge is 0.164 e. The Hall–Kier alpha value is -1.16. The molecule has 0 bridgehead atoms. The topological polar surface area (TPSA) is 28.7 Å². The number of hydrogen-bond donors (Lipinski definition) is 0. The standard InChI is InChI=1S/C10H10N2OS/c1-3-11-10-12(4-1)6-9(14-10)8-2-5-13-7-8/h1-3,5,7,9H,4,6H2. The molecule has 0 spiro atoms. The van der Waals surface area contributed by atoms with Crippen LogP contribution in [0.25, 0.3) is 0 Å². The third-order valence-corrected chi connectivity index (χ3v) is 3.72. The van der Waals surface area contributed by atoms with Crippen molar-refractivity contribution in [3.63, 3.8) is 0 Å². The third-order valence-electron chi connectivity index (χ3n) is 2.44. The summed E-state index contributed by atoms with van der Waals surface area (Å²) in [5.74, 6) is 0. The van der Waals surface area contributed by atoms with Gasteiger partial charge in [-0.3, -0.25) is 0 Å². The Morgan fingerprint density at radius 1 is 1.57 bits per heavy atom. The molecule has 14 heavy (non-hydrogen) atoms. The van der Waals surface area contributed by atoms with E-state index in [2.05, 4.69) is 16.0 Å². The van der Waals surface area contributed by atoms with Gasteiger partial charge in [-0.1, -0.05) is 11.8 Å². The first-order valence-electron chi connectivity index (χ1n) is 4.60. The van der Waals surface area contributed by atoms with Crippen LogP contribution in [0.2, 0.25) is 0 Å². The highest BCUT2D eigenvalue weighted by molar-refractivity contribution is 8.14. The number of furan rings is 1. The van der Waals surface area contributed by atoms with Gasteiger partial charge in [0.2, 0.25) is 0 Å². The van der Waals surface area contributed by atoms with E-state index in [9.17, 15) is 0 Å². The van der Waals surface area contributed by atoms with E-state index >= 15 is 0 Å². The van der Waals surface area contributed by atoms with Crippen LogP contribution in [-0.2, 0) is 0 Å². The first-order valence-corrected chi connectivity index (χ1v) is 5.48. The van der Waals surface area contributed by atoms with Crippen molar-refractivity contribution in [2.45, 2.75) is 5.25 Å². The number of nitrogens with zero attached hydrogens (tertiary/aromatic N) is 2. The van der Waals surface area contributed by atoms with Crippen LogP contribution in [0.5, 0.6) is 0 Å². The Kier molecular flexibility index (Phi) is 1.87. The molecule has 3 rings (SSSR count). The largest absolute Gasteiger partial charge is 0.472 e. The molecule has 1 atom stereocenters. The van der Waals surface area contributed by atoms with Gasteiger partial charge in [-0.2, -0.15) is 0 Å². The molecule has 1 aromatic rings. The van der Waals surface area contributed by atoms with E-state index in [1.807, 2.05) is 30.3 Å². The molecule has 72 valence electrons. The van der Waals surface area contributed by atoms with E-state index in [0.717, 1.165) is 18.3 Å². The van der Waals surface area contributed by atoms with Gasteiger partial charge in [0.05, 0.1) is 17.8 Å². The van der Waals surface area contributed by atoms with Crippen LogP contribution >= 0.6 is 11.8 Å². The van der Waals surface area contributed by atoms with Crippen molar-refractivity contribution in [1.29, 1.82) is 0 Å². The summed E-state index contributed by atoms with van der Waals surface area (Å²) in [6.45, 7) is 2.02. The second kappa shape index (κ2) is 3.20. The summed E-state index contributed by atoms with van der Waals surface area (Å²) >= 11 is 1.82. The minimum absolute atomic E-state index is 0.479. The van der Waals surface area contributed by atoms with Gasteiger partial charge in [-0.15, -0.1) is 0 Å². The summed E-state index contributed by atoms with van der Waals surface area (Å²) in [6.07, 6.45) is 7.52. The first-order chi connectivity index (χ1) is 6.93. The quantitative estimate of drug-likeness (QED) is 0.705. The Labute approximate surface area is 86.5 Å². The Morgan fingerprint density at radius 3 is 3.36 bits per heavy atom. The summed E-state index contributed by atoms with van der Waals surface area (Å²) in [5, 5.41) is 1.62. The Morgan fingerprint density at radius 2 is 2.57 bits per heavy atom. The number of fused-ring (bicyclic) bond motifs is 1. The zero-order chi connectivity index (χ0) is 9.38. The highest BCUT2D eigenvalue weighted by Crippen LogP contribution is 2.38. The molecule has 1 saturated heterocycles. The fourth-order valence-corrected chi connectivity index (χ4v) is 2.90. The van der Waals surface area contributed by atoms with E-state index in [1.54, 1.807) is 6.26 Å². The fraction of sp³-hybridized carbons (Fsp3) is 0.300. The summed E-state index contributed by atoms with van der Waals surface area (Å²) < 4.78 is 5.09. The summed E-state index contributed by atoms with van der Waals surface area (Å²) in [6, 6.07) is 2.03. The molecule has 0 amide bonds. The SMILES string of the molecule is C1=CN=C2SC(c3ccoc3)CN2C1. The van der Waals surface area contributed by atoms with Crippen LogP contribution in [0.3, 0.4) is 0 Å². The Balaban J connectivity index is 1.83. The van der Waals surface area contributed by atoms with Gasteiger partial charge in [0.25, 0.3) is 0 Å². The van der Waals surface area contributed by atoms with Gasteiger partial charge in [0.1, 0.15) is 0 Å². The highest BCUT2D eigenvalue weighted by atomic mass is 32.2. The zero-order valence-electron chi connectivity index (χ0n) is 7.59. The minimum atomic E-state index is 0.479. The molecule has 2 aliphatic rings. The van der Waals surface area contributed by atoms with Crippen molar-refractivity contribution >= 4 is 16.9 Å². The maximum Gasteiger partial charge on any atom is 0.164 e. The fourth-order valence-electron chi connectivity index (χ4n) is 1.70. The lowest BCUT2D eigenvalue weighted by Gasteiger charge is -2.17. The Bertz CT molecular complexity index is 383. The molecular weight excluding hydrogens is 196 g/mol. The summed E-state index contributed by atoms with van der Waals surface area (Å²) in [7, 11) is 0. The second-order valence-corrected chi connectivity index (χ2v) is 4.53. The van der Waals surface area contributed by atoms with Gasteiger partial charge < -0.3 is 9.32 Å². The van der Waals surface area contributed by atoms with Gasteiger partial charge >= 0.3 is 0 Å². The zero-order valence-corrected chi connectivity index (χ0v) is 8.41. The van der Waals surface area contributed by atoms with Crippen LogP contribution in [-0.4, -0.2) is 23.2 Å². The maximum atomic E-state index is 5.09. The predicted octanol–water partition coefficient (Wildman–Crippen LogP) is 2.25. The van der Waals surface area contributed by atoms with E-state index in [-0.39, 0.29) is 0 Å². The average molecular weight is 206 g/mol. The molecule has 1 fully saturated rings. The van der Waals surface area contributed by atoms with E-state index < -0.39 is 0 Å². The van der Waals surface area contributed by atoms with Gasteiger partial charge in [0.15, 0.2) is 5.17 Å².